The zero-order chi connectivity index (χ0) is 3.58. The molecule has 0 aromatic carbocycles. The van der Waals surface area contributed by atoms with Gasteiger partial charge in [0.05, 0.1) is 0 Å². The van der Waals surface area contributed by atoms with E-state index in [0.717, 1.165) is 0 Å². The van der Waals surface area contributed by atoms with Crippen LogP contribution < -0.4 is 0 Å². The van der Waals surface area contributed by atoms with Crippen molar-refractivity contribution in [1.82, 2.24) is 0 Å². The summed E-state index contributed by atoms with van der Waals surface area (Å²) in [4.78, 5) is 14.2. The van der Waals surface area contributed by atoms with Gasteiger partial charge < -0.3 is 0 Å². The van der Waals surface area contributed by atoms with Gasteiger partial charge in [0.1, 0.15) is 0 Å². The van der Waals surface area contributed by atoms with Crippen LogP contribution in [0.1, 0.15) is 0 Å². The summed E-state index contributed by atoms with van der Waals surface area (Å²) in [6.45, 7) is 0. The van der Waals surface area contributed by atoms with Crippen LogP contribution in [0.2, 0.25) is 0 Å². The molecule has 2 N–H and O–H groups in total. The van der Waals surface area contributed by atoms with Crippen LogP contribution in [0.15, 0.2) is 0 Å². The molecule has 0 bridgehead atoms. The smallest absolute Gasteiger partial charge is 0.134 e. The molecule has 0 rings (SSSR count). The monoisotopic (exact) mass is 136 g/mol. The van der Waals surface area contributed by atoms with Crippen molar-refractivity contribution in [2.75, 3.05) is 0 Å². The number of hydrogen-bond acceptors (Lipinski definition) is 1. The average Bonchev–Trinajstić information content (AvgIpc) is 0.811. The molecule has 0 saturated heterocycles. The molecular weight excluding hydrogens is 134 g/mol. The van der Waals surface area contributed by atoms with Crippen molar-refractivity contribution in [3.8, 4) is 0 Å². The van der Waals surface area contributed by atoms with Crippen LogP contribution in [0.3, 0.4) is 0 Å². The first kappa shape index (κ1) is 9.11. The molecule has 1 radical (unpaired) electrons. The van der Waals surface area contributed by atoms with Gasteiger partial charge in [0.2, 0.25) is 0 Å². The van der Waals surface area contributed by atoms with Gasteiger partial charge >= 0.3 is 25.3 Å². The van der Waals surface area contributed by atoms with E-state index in [1.165, 1.54) is 0 Å². The van der Waals surface area contributed by atoms with E-state index in [9.17, 15) is 0 Å². The third kappa shape index (κ3) is 101. The Morgan fingerprint density at radius 2 is 1.40 bits per heavy atom. The predicted molar refractivity (Wildman–Crippen MR) is 12.0 cm³/mol. The number of rotatable bonds is 0. The summed E-state index contributed by atoms with van der Waals surface area (Å²) >= 11 is 0. The fourth-order valence-electron chi connectivity index (χ4n) is 0. The van der Waals surface area contributed by atoms with Gasteiger partial charge in [-0.1, -0.05) is 0 Å². The first-order valence-corrected chi connectivity index (χ1v) is 1.75. The first-order chi connectivity index (χ1) is 1.73. The van der Waals surface area contributed by atoms with Crippen molar-refractivity contribution in [3.63, 3.8) is 0 Å². The molecular formula is H2MnO3P+3. The molecule has 0 aromatic heterocycles. The minimum absolute atomic E-state index is 0. The predicted octanol–water partition coefficient (Wildman–Crippen LogP) is -0.374. The second-order valence-electron chi connectivity index (χ2n) is 0.253. The fraction of sp³-hybridized carbons (Fsp3) is 0. The second kappa shape index (κ2) is 4.54. The van der Waals surface area contributed by atoms with Gasteiger partial charge in [-0.25, -0.2) is 0 Å². The minimum Gasteiger partial charge on any atom is -0.134 e. The van der Waals surface area contributed by atoms with Crippen molar-refractivity contribution < 1.29 is 31.4 Å². The van der Waals surface area contributed by atoms with Gasteiger partial charge in [-0.05, 0) is 0 Å². The topological polar surface area (TPSA) is 57.5 Å². The Bertz CT molecular complexity index is 29.9. The Hall–Kier alpha value is 0.539. The molecule has 0 fully saturated rings. The standard InChI is InChI=1S/Mn.HO3P/c;1-4(2)3/h;(H-,1,2,3)/q+2;/p+1. The molecule has 0 aromatic rings. The van der Waals surface area contributed by atoms with E-state index in [1.54, 1.807) is 0 Å². The molecule has 0 aliphatic rings. The van der Waals surface area contributed by atoms with Crippen LogP contribution in [-0.4, -0.2) is 9.79 Å². The van der Waals surface area contributed by atoms with Gasteiger partial charge in [-0.2, -0.15) is 0 Å². The summed E-state index contributed by atoms with van der Waals surface area (Å²) in [5.74, 6) is 0. The van der Waals surface area contributed by atoms with Gasteiger partial charge in [0.15, 0.2) is 0 Å². The van der Waals surface area contributed by atoms with Crippen molar-refractivity contribution >= 4 is 8.25 Å². The minimum atomic E-state index is -2.87. The Balaban J connectivity index is 0. The van der Waals surface area contributed by atoms with Crippen molar-refractivity contribution in [1.29, 1.82) is 0 Å². The summed E-state index contributed by atoms with van der Waals surface area (Å²) < 4.78 is 8.70. The molecule has 0 amide bonds. The van der Waals surface area contributed by atoms with Gasteiger partial charge in [0, 0.05) is 4.57 Å². The van der Waals surface area contributed by atoms with E-state index in [0.29, 0.717) is 0 Å². The van der Waals surface area contributed by atoms with Crippen LogP contribution >= 0.6 is 8.25 Å². The van der Waals surface area contributed by atoms with E-state index in [4.69, 9.17) is 14.4 Å². The second-order valence-corrected chi connectivity index (χ2v) is 0.758. The van der Waals surface area contributed by atoms with Gasteiger partial charge in [-0.15, -0.1) is 9.79 Å². The summed E-state index contributed by atoms with van der Waals surface area (Å²) in [6.07, 6.45) is 0. The normalized spacial score (nSPS) is 5.20. The van der Waals surface area contributed by atoms with E-state index in [2.05, 4.69) is 0 Å². The maximum Gasteiger partial charge on any atom is 2.00 e. The Morgan fingerprint density at radius 3 is 1.40 bits per heavy atom. The first-order valence-electron chi connectivity index (χ1n) is 0.583. The van der Waals surface area contributed by atoms with E-state index in [-0.39, 0.29) is 17.1 Å². The zero-order valence-corrected chi connectivity index (χ0v) is 4.20. The summed E-state index contributed by atoms with van der Waals surface area (Å²) in [6, 6.07) is 0. The molecule has 0 atom stereocenters. The van der Waals surface area contributed by atoms with E-state index in [1.807, 2.05) is 0 Å². The van der Waals surface area contributed by atoms with E-state index >= 15 is 0 Å². The summed E-state index contributed by atoms with van der Waals surface area (Å²) in [5, 5.41) is 0. The molecule has 0 unspecified atom stereocenters. The molecule has 5 heteroatoms. The maximum absolute atomic E-state index is 8.70. The molecule has 5 heavy (non-hydrogen) atoms. The maximum atomic E-state index is 8.70. The molecule has 29 valence electrons. The van der Waals surface area contributed by atoms with Gasteiger partial charge in [0.25, 0.3) is 0 Å². The van der Waals surface area contributed by atoms with Crippen LogP contribution in [0.4, 0.5) is 0 Å². The Labute approximate surface area is 40.4 Å². The van der Waals surface area contributed by atoms with Crippen LogP contribution in [-0.2, 0) is 21.6 Å². The van der Waals surface area contributed by atoms with Crippen LogP contribution in [0, 0.1) is 0 Å². The Kier molecular flexibility index (Phi) is 8.27. The van der Waals surface area contributed by atoms with Crippen molar-refractivity contribution in [3.05, 3.63) is 0 Å². The van der Waals surface area contributed by atoms with Crippen LogP contribution in [0.25, 0.3) is 0 Å². The SMILES string of the molecule is O=[P+](O)O.[Mn+2]. The Morgan fingerprint density at radius 1 is 1.40 bits per heavy atom. The van der Waals surface area contributed by atoms with Gasteiger partial charge in [-0.3, -0.25) is 0 Å². The quantitative estimate of drug-likeness (QED) is 0.352. The van der Waals surface area contributed by atoms with Crippen LogP contribution in [0.5, 0.6) is 0 Å². The molecule has 3 nitrogen and oxygen atoms in total. The van der Waals surface area contributed by atoms with Crippen molar-refractivity contribution in [2.24, 2.45) is 0 Å². The van der Waals surface area contributed by atoms with Crippen molar-refractivity contribution in [2.45, 2.75) is 0 Å². The summed E-state index contributed by atoms with van der Waals surface area (Å²) in [5.41, 5.74) is 0. The molecule has 0 aliphatic carbocycles. The summed E-state index contributed by atoms with van der Waals surface area (Å²) in [7, 11) is -2.87. The molecule has 0 saturated carbocycles. The third-order valence-corrected chi connectivity index (χ3v) is 0. The van der Waals surface area contributed by atoms with E-state index < -0.39 is 8.25 Å². The molecule has 0 aliphatic heterocycles. The largest absolute Gasteiger partial charge is 2.00 e. The zero-order valence-electron chi connectivity index (χ0n) is 2.13. The molecule has 0 spiro atoms. The fourth-order valence-corrected chi connectivity index (χ4v) is 0. The number of hydrogen-bond donors (Lipinski definition) is 2. The third-order valence-electron chi connectivity index (χ3n) is 0. The molecule has 0 heterocycles. The average molecular weight is 136 g/mol.